The normalized spacial score (nSPS) is 11.5. The van der Waals surface area contributed by atoms with Crippen LogP contribution in [-0.2, 0) is 9.05 Å². The number of carbonyl (C=O) groups excluding carboxylic acids is 1. The van der Waals surface area contributed by atoms with E-state index in [4.69, 9.17) is 10.7 Å². The van der Waals surface area contributed by atoms with Crippen LogP contribution in [0, 0.1) is 10.1 Å². The third-order valence-corrected chi connectivity index (χ3v) is 3.72. The molecule has 0 bridgehead atoms. The lowest BCUT2D eigenvalue weighted by Gasteiger charge is -2.16. The van der Waals surface area contributed by atoms with E-state index < -0.39 is 49.0 Å². The van der Waals surface area contributed by atoms with Crippen molar-refractivity contribution in [1.82, 2.24) is 4.90 Å². The minimum atomic E-state index is -4.31. The third-order valence-electron chi connectivity index (χ3n) is 2.39. The second kappa shape index (κ2) is 6.31. The van der Waals surface area contributed by atoms with Crippen LogP contribution in [0.15, 0.2) is 23.1 Å². The van der Waals surface area contributed by atoms with Gasteiger partial charge in [-0.15, -0.1) is 0 Å². The van der Waals surface area contributed by atoms with E-state index in [1.807, 2.05) is 0 Å². The molecule has 1 aromatic carbocycles. The number of nitro benzene ring substituents is 1. The van der Waals surface area contributed by atoms with Gasteiger partial charge in [-0.3, -0.25) is 14.9 Å². The van der Waals surface area contributed by atoms with Crippen molar-refractivity contribution in [3.05, 3.63) is 33.9 Å². The summed E-state index contributed by atoms with van der Waals surface area (Å²) >= 11 is 0. The minimum Gasteiger partial charge on any atom is -0.336 e. The zero-order chi connectivity index (χ0) is 16.4. The molecule has 0 aliphatic carbocycles. The fraction of sp³-hybridized carbons (Fsp3) is 0.300. The van der Waals surface area contributed by atoms with Crippen molar-refractivity contribution in [2.75, 3.05) is 13.6 Å². The second-order valence-electron chi connectivity index (χ2n) is 3.99. The molecule has 0 atom stereocenters. The van der Waals surface area contributed by atoms with E-state index >= 15 is 0 Å². The summed E-state index contributed by atoms with van der Waals surface area (Å²) in [6, 6.07) is 2.25. The zero-order valence-electron chi connectivity index (χ0n) is 10.5. The van der Waals surface area contributed by atoms with Gasteiger partial charge in [0, 0.05) is 35.4 Å². The number of nitro groups is 1. The molecule has 0 saturated heterocycles. The van der Waals surface area contributed by atoms with E-state index in [1.54, 1.807) is 0 Å². The summed E-state index contributed by atoms with van der Waals surface area (Å²) in [5.74, 6) is -0.986. The molecule has 0 spiro atoms. The number of nitrogens with zero attached hydrogens (tertiary/aromatic N) is 2. The lowest BCUT2D eigenvalue weighted by molar-refractivity contribution is -0.385. The number of halogens is 3. The number of carbonyl (C=O) groups is 1. The molecule has 1 rings (SSSR count). The standard InChI is InChI=1S/C10H9ClF2N2O5S/c1-14(5-9(12)13)10(16)6-2-7(15(17)18)4-8(3-6)21(11,19)20/h2-4,9H,5H2,1H3. The van der Waals surface area contributed by atoms with Crippen LogP contribution in [0.25, 0.3) is 0 Å². The van der Waals surface area contributed by atoms with Gasteiger partial charge in [-0.1, -0.05) is 0 Å². The lowest BCUT2D eigenvalue weighted by Crippen LogP contribution is -2.31. The maximum absolute atomic E-state index is 12.2. The highest BCUT2D eigenvalue weighted by Crippen LogP contribution is 2.24. The first kappa shape index (κ1) is 17.2. The monoisotopic (exact) mass is 342 g/mol. The Bertz CT molecular complexity index is 680. The van der Waals surface area contributed by atoms with Crippen molar-refractivity contribution in [3.8, 4) is 0 Å². The molecule has 0 radical (unpaired) electrons. The lowest BCUT2D eigenvalue weighted by atomic mass is 10.2. The van der Waals surface area contributed by atoms with E-state index in [0.29, 0.717) is 11.0 Å². The van der Waals surface area contributed by atoms with Gasteiger partial charge in [-0.05, 0) is 6.07 Å². The summed E-state index contributed by atoms with van der Waals surface area (Å²) in [5.41, 5.74) is -1.11. The Morgan fingerprint density at radius 2 is 2.00 bits per heavy atom. The van der Waals surface area contributed by atoms with Gasteiger partial charge in [0.2, 0.25) is 0 Å². The van der Waals surface area contributed by atoms with Gasteiger partial charge in [-0.2, -0.15) is 0 Å². The molecule has 0 aliphatic rings. The summed E-state index contributed by atoms with van der Waals surface area (Å²) in [5, 5.41) is 10.7. The Kier molecular flexibility index (Phi) is 5.18. The SMILES string of the molecule is CN(CC(F)F)C(=O)c1cc([N+](=O)[O-])cc(S(=O)(=O)Cl)c1. The zero-order valence-corrected chi connectivity index (χ0v) is 12.1. The largest absolute Gasteiger partial charge is 0.336 e. The van der Waals surface area contributed by atoms with Crippen molar-refractivity contribution in [2.45, 2.75) is 11.3 Å². The molecule has 0 aromatic heterocycles. The smallest absolute Gasteiger partial charge is 0.271 e. The molecule has 0 aliphatic heterocycles. The average molecular weight is 343 g/mol. The van der Waals surface area contributed by atoms with E-state index in [9.17, 15) is 32.1 Å². The molecule has 0 unspecified atom stereocenters. The summed E-state index contributed by atoms with van der Waals surface area (Å²) in [7, 11) is 1.82. The van der Waals surface area contributed by atoms with Crippen molar-refractivity contribution in [3.63, 3.8) is 0 Å². The van der Waals surface area contributed by atoms with E-state index in [1.165, 1.54) is 0 Å². The van der Waals surface area contributed by atoms with E-state index in [2.05, 4.69) is 0 Å². The van der Waals surface area contributed by atoms with Gasteiger partial charge in [0.1, 0.15) is 0 Å². The molecule has 116 valence electrons. The maximum Gasteiger partial charge on any atom is 0.271 e. The number of hydrogen-bond donors (Lipinski definition) is 0. The van der Waals surface area contributed by atoms with Crippen molar-refractivity contribution >= 4 is 31.3 Å². The molecule has 0 saturated carbocycles. The Balaban J connectivity index is 3.32. The van der Waals surface area contributed by atoms with Gasteiger partial charge >= 0.3 is 0 Å². The molecule has 0 heterocycles. The first-order chi connectivity index (χ1) is 9.52. The molecule has 21 heavy (non-hydrogen) atoms. The number of amides is 1. The molecule has 7 nitrogen and oxygen atoms in total. The summed E-state index contributed by atoms with van der Waals surface area (Å²) in [6.45, 7) is -0.898. The fourth-order valence-corrected chi connectivity index (χ4v) is 2.26. The predicted octanol–water partition coefficient (Wildman–Crippen LogP) is 1.86. The Hall–Kier alpha value is -1.81. The number of benzene rings is 1. The van der Waals surface area contributed by atoms with Gasteiger partial charge < -0.3 is 4.90 Å². The highest BCUT2D eigenvalue weighted by Gasteiger charge is 2.23. The van der Waals surface area contributed by atoms with Crippen LogP contribution < -0.4 is 0 Å². The van der Waals surface area contributed by atoms with Gasteiger partial charge in [-0.25, -0.2) is 17.2 Å². The Morgan fingerprint density at radius 1 is 1.43 bits per heavy atom. The molecule has 0 fully saturated rings. The molecule has 11 heteroatoms. The molecular weight excluding hydrogens is 334 g/mol. The number of hydrogen-bond acceptors (Lipinski definition) is 5. The van der Waals surface area contributed by atoms with Crippen LogP contribution in [0.3, 0.4) is 0 Å². The topological polar surface area (TPSA) is 97.6 Å². The van der Waals surface area contributed by atoms with Gasteiger partial charge in [0.15, 0.2) is 0 Å². The minimum absolute atomic E-state index is 0.424. The third kappa shape index (κ3) is 4.60. The molecular formula is C10H9ClF2N2O5S. The summed E-state index contributed by atoms with van der Waals surface area (Å²) in [4.78, 5) is 21.6. The van der Waals surface area contributed by atoms with Gasteiger partial charge in [0.05, 0.1) is 16.4 Å². The Morgan fingerprint density at radius 3 is 2.43 bits per heavy atom. The maximum atomic E-state index is 12.2. The molecule has 1 amide bonds. The van der Waals surface area contributed by atoms with Crippen LogP contribution in [0.5, 0.6) is 0 Å². The molecule has 0 N–H and O–H groups in total. The quantitative estimate of drug-likeness (QED) is 0.462. The summed E-state index contributed by atoms with van der Waals surface area (Å²) in [6.07, 6.45) is -2.80. The van der Waals surface area contributed by atoms with Gasteiger partial charge in [0.25, 0.3) is 27.1 Å². The van der Waals surface area contributed by atoms with Crippen molar-refractivity contribution < 1.29 is 26.9 Å². The van der Waals surface area contributed by atoms with E-state index in [0.717, 1.165) is 19.2 Å². The Labute approximate surface area is 122 Å². The first-order valence-corrected chi connectivity index (χ1v) is 7.61. The van der Waals surface area contributed by atoms with Crippen LogP contribution >= 0.6 is 10.7 Å². The average Bonchev–Trinajstić information content (AvgIpc) is 2.35. The van der Waals surface area contributed by atoms with Crippen LogP contribution in [0.4, 0.5) is 14.5 Å². The van der Waals surface area contributed by atoms with E-state index in [-0.39, 0.29) is 0 Å². The number of alkyl halides is 2. The fourth-order valence-electron chi connectivity index (χ4n) is 1.46. The van der Waals surface area contributed by atoms with Crippen LogP contribution in [-0.4, -0.2) is 44.2 Å². The highest BCUT2D eigenvalue weighted by molar-refractivity contribution is 8.13. The number of rotatable bonds is 5. The first-order valence-electron chi connectivity index (χ1n) is 5.30. The van der Waals surface area contributed by atoms with Crippen molar-refractivity contribution in [2.24, 2.45) is 0 Å². The second-order valence-corrected chi connectivity index (χ2v) is 6.55. The molecule has 1 aromatic rings. The summed E-state index contributed by atoms with van der Waals surface area (Å²) < 4.78 is 46.9. The van der Waals surface area contributed by atoms with Crippen molar-refractivity contribution in [1.29, 1.82) is 0 Å². The highest BCUT2D eigenvalue weighted by atomic mass is 35.7. The van der Waals surface area contributed by atoms with Crippen LogP contribution in [0.1, 0.15) is 10.4 Å². The van der Waals surface area contributed by atoms with Crippen LogP contribution in [0.2, 0.25) is 0 Å². The number of non-ortho nitro benzene ring substituents is 1. The predicted molar refractivity (Wildman–Crippen MR) is 69.1 cm³/mol.